The van der Waals surface area contributed by atoms with E-state index >= 15 is 0 Å². The van der Waals surface area contributed by atoms with Gasteiger partial charge in [-0.2, -0.15) is 18.3 Å². The fraction of sp³-hybridized carbons (Fsp3) is 0.467. The molecule has 0 amide bonds. The molecule has 0 bridgehead atoms. The molecule has 1 aliphatic rings. The van der Waals surface area contributed by atoms with Crippen LogP contribution >= 0.6 is 12.4 Å². The molecular formula is C15H18ClF3N4O. The molecule has 0 aliphatic heterocycles. The van der Waals surface area contributed by atoms with E-state index in [-0.39, 0.29) is 24.4 Å². The molecule has 0 saturated heterocycles. The molecule has 1 aromatic heterocycles. The minimum atomic E-state index is -4.37. The van der Waals surface area contributed by atoms with Gasteiger partial charge in [0.2, 0.25) is 0 Å². The van der Waals surface area contributed by atoms with Gasteiger partial charge >= 0.3 is 6.18 Å². The predicted molar refractivity (Wildman–Crippen MR) is 84.3 cm³/mol. The van der Waals surface area contributed by atoms with Gasteiger partial charge in [-0.05, 0) is 44.0 Å². The van der Waals surface area contributed by atoms with E-state index < -0.39 is 17.8 Å². The highest BCUT2D eigenvalue weighted by Crippen LogP contribution is 2.34. The lowest BCUT2D eigenvalue weighted by Crippen LogP contribution is -2.28. The molecule has 0 radical (unpaired) electrons. The summed E-state index contributed by atoms with van der Waals surface area (Å²) in [5.41, 5.74) is 5.63. The van der Waals surface area contributed by atoms with Gasteiger partial charge in [0.25, 0.3) is 0 Å². The number of nitrogens with two attached hydrogens (primary N) is 1. The Balaban J connectivity index is 0.00000208. The van der Waals surface area contributed by atoms with Gasteiger partial charge in [0, 0.05) is 12.0 Å². The number of nitrogens with zero attached hydrogens (tertiary/aromatic N) is 3. The molecule has 1 heterocycles. The Morgan fingerprint density at radius 1 is 1.21 bits per heavy atom. The summed E-state index contributed by atoms with van der Waals surface area (Å²) >= 11 is 0. The van der Waals surface area contributed by atoms with Crippen molar-refractivity contribution in [3.8, 4) is 5.69 Å². The van der Waals surface area contributed by atoms with Crippen molar-refractivity contribution < 1.29 is 18.3 Å². The summed E-state index contributed by atoms with van der Waals surface area (Å²) in [4.78, 5) is 4.37. The van der Waals surface area contributed by atoms with Crippen molar-refractivity contribution in [1.29, 1.82) is 0 Å². The molecule has 0 spiro atoms. The van der Waals surface area contributed by atoms with Crippen LogP contribution in [0.2, 0.25) is 0 Å². The standard InChI is InChI=1S/C15H17F3N4O.ClH/c1-8-20-14(9-6-12(19)13(23)7-9)22(21-8)11-4-2-10(3-5-11)15(16,17)18;/h2-5,9,12-13,23H,6-7,19H2,1H3;1H/t9-,12-,13-;/m0./s1. The first-order valence-electron chi connectivity index (χ1n) is 7.30. The largest absolute Gasteiger partial charge is 0.416 e. The van der Waals surface area contributed by atoms with E-state index in [0.29, 0.717) is 30.2 Å². The lowest BCUT2D eigenvalue weighted by atomic mass is 10.1. The number of benzene rings is 1. The number of halogens is 4. The zero-order valence-electron chi connectivity index (χ0n) is 12.9. The molecule has 3 atom stereocenters. The van der Waals surface area contributed by atoms with Gasteiger partial charge in [-0.1, -0.05) is 0 Å². The van der Waals surface area contributed by atoms with Gasteiger partial charge in [0.05, 0.1) is 17.4 Å². The highest BCUT2D eigenvalue weighted by Gasteiger charge is 2.35. The van der Waals surface area contributed by atoms with Crippen LogP contribution in [0.25, 0.3) is 5.69 Å². The summed E-state index contributed by atoms with van der Waals surface area (Å²) in [6.45, 7) is 1.72. The van der Waals surface area contributed by atoms with Crippen LogP contribution in [-0.2, 0) is 6.18 Å². The summed E-state index contributed by atoms with van der Waals surface area (Å²) in [6, 6.07) is 4.45. The fourth-order valence-electron chi connectivity index (χ4n) is 2.94. The van der Waals surface area contributed by atoms with Crippen molar-refractivity contribution in [3.63, 3.8) is 0 Å². The number of aryl methyl sites for hydroxylation is 1. The Bertz CT molecular complexity index is 692. The summed E-state index contributed by atoms with van der Waals surface area (Å²) in [7, 11) is 0. The molecule has 0 unspecified atom stereocenters. The lowest BCUT2D eigenvalue weighted by Gasteiger charge is -2.12. The minimum Gasteiger partial charge on any atom is -0.391 e. The minimum absolute atomic E-state index is 0. The molecule has 3 N–H and O–H groups in total. The van der Waals surface area contributed by atoms with Gasteiger partial charge in [-0.25, -0.2) is 9.67 Å². The van der Waals surface area contributed by atoms with Gasteiger partial charge in [-0.3, -0.25) is 0 Å². The van der Waals surface area contributed by atoms with E-state index in [1.807, 2.05) is 0 Å². The van der Waals surface area contributed by atoms with Crippen LogP contribution in [0.1, 0.15) is 36.0 Å². The molecule has 9 heteroatoms. The number of rotatable bonds is 2. The SMILES string of the molecule is Cc1nc([C@H]2C[C@H](N)[C@@H](O)C2)n(-c2ccc(C(F)(F)F)cc2)n1.Cl. The molecule has 2 aromatic rings. The first kappa shape index (κ1) is 18.7. The molecule has 1 saturated carbocycles. The van der Waals surface area contributed by atoms with E-state index in [1.54, 1.807) is 6.92 Å². The smallest absolute Gasteiger partial charge is 0.391 e. The monoisotopic (exact) mass is 362 g/mol. The molecule has 1 aromatic carbocycles. The second-order valence-electron chi connectivity index (χ2n) is 5.87. The third-order valence-corrected chi connectivity index (χ3v) is 4.12. The summed E-state index contributed by atoms with van der Waals surface area (Å²) in [5.74, 6) is 1.08. The van der Waals surface area contributed by atoms with Crippen LogP contribution in [-0.4, -0.2) is 32.0 Å². The third-order valence-electron chi connectivity index (χ3n) is 4.12. The molecule has 132 valence electrons. The second-order valence-corrected chi connectivity index (χ2v) is 5.87. The van der Waals surface area contributed by atoms with Crippen LogP contribution in [0.4, 0.5) is 13.2 Å². The fourth-order valence-corrected chi connectivity index (χ4v) is 2.94. The van der Waals surface area contributed by atoms with Crippen LogP contribution in [0.5, 0.6) is 0 Å². The molecule has 5 nitrogen and oxygen atoms in total. The highest BCUT2D eigenvalue weighted by atomic mass is 35.5. The Kier molecular flexibility index (Phi) is 5.22. The maximum atomic E-state index is 12.7. The van der Waals surface area contributed by atoms with Crippen LogP contribution in [0, 0.1) is 6.92 Å². The topological polar surface area (TPSA) is 77.0 Å². The quantitative estimate of drug-likeness (QED) is 0.860. The Labute approximate surface area is 143 Å². The average molecular weight is 363 g/mol. The van der Waals surface area contributed by atoms with Crippen LogP contribution < -0.4 is 5.73 Å². The molecular weight excluding hydrogens is 345 g/mol. The lowest BCUT2D eigenvalue weighted by molar-refractivity contribution is -0.137. The Morgan fingerprint density at radius 3 is 2.33 bits per heavy atom. The zero-order valence-corrected chi connectivity index (χ0v) is 13.7. The Hall–Kier alpha value is -1.64. The van der Waals surface area contributed by atoms with E-state index in [0.717, 1.165) is 12.1 Å². The molecule has 1 fully saturated rings. The summed E-state index contributed by atoms with van der Waals surface area (Å²) < 4.78 is 39.5. The van der Waals surface area contributed by atoms with Crippen molar-refractivity contribution in [3.05, 3.63) is 41.5 Å². The number of aromatic nitrogens is 3. The number of hydrogen-bond donors (Lipinski definition) is 2. The number of aliphatic hydroxyl groups is 1. The zero-order chi connectivity index (χ0) is 16.8. The number of aliphatic hydroxyl groups excluding tert-OH is 1. The maximum absolute atomic E-state index is 12.7. The van der Waals surface area contributed by atoms with E-state index in [1.165, 1.54) is 16.8 Å². The first-order valence-corrected chi connectivity index (χ1v) is 7.30. The van der Waals surface area contributed by atoms with Gasteiger partial charge in [0.15, 0.2) is 0 Å². The van der Waals surface area contributed by atoms with Gasteiger partial charge < -0.3 is 10.8 Å². The van der Waals surface area contributed by atoms with Crippen LogP contribution in [0.15, 0.2) is 24.3 Å². The average Bonchev–Trinajstić information content (AvgIpc) is 3.02. The van der Waals surface area contributed by atoms with Crippen molar-refractivity contribution in [2.45, 2.75) is 44.0 Å². The summed E-state index contributed by atoms with van der Waals surface area (Å²) in [6.07, 6.45) is -3.93. The second kappa shape index (κ2) is 6.70. The van der Waals surface area contributed by atoms with E-state index in [2.05, 4.69) is 10.1 Å². The molecule has 1 aliphatic carbocycles. The highest BCUT2D eigenvalue weighted by molar-refractivity contribution is 5.85. The molecule has 24 heavy (non-hydrogen) atoms. The van der Waals surface area contributed by atoms with Crippen molar-refractivity contribution in [2.75, 3.05) is 0 Å². The van der Waals surface area contributed by atoms with Crippen molar-refractivity contribution in [1.82, 2.24) is 14.8 Å². The van der Waals surface area contributed by atoms with Gasteiger partial charge in [-0.15, -0.1) is 12.4 Å². The predicted octanol–water partition coefficient (Wildman–Crippen LogP) is 2.58. The first-order chi connectivity index (χ1) is 10.8. The number of alkyl halides is 3. The van der Waals surface area contributed by atoms with E-state index in [9.17, 15) is 18.3 Å². The normalized spacial score (nSPS) is 24.0. The van der Waals surface area contributed by atoms with Crippen molar-refractivity contribution in [2.24, 2.45) is 5.73 Å². The van der Waals surface area contributed by atoms with Crippen molar-refractivity contribution >= 4 is 12.4 Å². The van der Waals surface area contributed by atoms with Gasteiger partial charge in [0.1, 0.15) is 11.6 Å². The molecule has 3 rings (SSSR count). The van der Waals surface area contributed by atoms with E-state index in [4.69, 9.17) is 5.73 Å². The maximum Gasteiger partial charge on any atom is 0.416 e. The van der Waals surface area contributed by atoms with Crippen LogP contribution in [0.3, 0.4) is 0 Å². The Morgan fingerprint density at radius 2 is 1.83 bits per heavy atom. The third kappa shape index (κ3) is 3.55. The number of hydrogen-bond acceptors (Lipinski definition) is 4. The summed E-state index contributed by atoms with van der Waals surface area (Å²) in [5, 5.41) is 14.1.